The van der Waals surface area contributed by atoms with E-state index in [1.54, 1.807) is 12.4 Å². The minimum absolute atomic E-state index is 0.140. The highest BCUT2D eigenvalue weighted by molar-refractivity contribution is 5.37. The molecule has 0 aromatic carbocycles. The molecule has 0 saturated heterocycles. The molecule has 19 heavy (non-hydrogen) atoms. The van der Waals surface area contributed by atoms with E-state index in [1.807, 2.05) is 12.1 Å². The van der Waals surface area contributed by atoms with Gasteiger partial charge >= 0.3 is 5.82 Å². The van der Waals surface area contributed by atoms with Crippen molar-refractivity contribution < 1.29 is 4.92 Å². The molecule has 2 rings (SSSR count). The third kappa shape index (κ3) is 3.51. The van der Waals surface area contributed by atoms with Gasteiger partial charge in [-0.05, 0) is 29.0 Å². The Morgan fingerprint density at radius 2 is 2.32 bits per heavy atom. The fourth-order valence-corrected chi connectivity index (χ4v) is 1.65. The first-order valence-electron chi connectivity index (χ1n) is 6.05. The van der Waals surface area contributed by atoms with Crippen LogP contribution in [0.3, 0.4) is 0 Å². The zero-order valence-electron chi connectivity index (χ0n) is 10.6. The normalized spacial score (nSPS) is 10.4. The minimum Gasteiger partial charge on any atom is -0.370 e. The summed E-state index contributed by atoms with van der Waals surface area (Å²) in [5, 5.41) is 17.6. The Morgan fingerprint density at radius 3 is 3.00 bits per heavy atom. The Labute approximate surface area is 110 Å². The van der Waals surface area contributed by atoms with Gasteiger partial charge in [0.1, 0.15) is 5.82 Å². The maximum atomic E-state index is 10.5. The second kappa shape index (κ2) is 5.94. The Hall–Kier alpha value is -2.44. The van der Waals surface area contributed by atoms with Crippen LogP contribution < -0.4 is 5.32 Å². The molecule has 0 spiro atoms. The number of anilines is 1. The summed E-state index contributed by atoms with van der Waals surface area (Å²) in [6, 6.07) is 5.17. The van der Waals surface area contributed by atoms with Crippen LogP contribution in [0.5, 0.6) is 0 Å². The molecule has 0 atom stereocenters. The molecule has 100 valence electrons. The van der Waals surface area contributed by atoms with Crippen molar-refractivity contribution >= 4 is 11.6 Å². The summed E-state index contributed by atoms with van der Waals surface area (Å²) in [7, 11) is 0. The second-order valence-corrected chi connectivity index (χ2v) is 4.10. The van der Waals surface area contributed by atoms with Crippen molar-refractivity contribution in [1.29, 1.82) is 0 Å². The van der Waals surface area contributed by atoms with Crippen molar-refractivity contribution in [2.75, 3.05) is 11.9 Å². The van der Waals surface area contributed by atoms with E-state index in [-0.39, 0.29) is 5.82 Å². The van der Waals surface area contributed by atoms with E-state index in [9.17, 15) is 10.1 Å². The highest BCUT2D eigenvalue weighted by Gasteiger charge is 2.10. The third-order valence-electron chi connectivity index (χ3n) is 2.54. The molecule has 0 saturated carbocycles. The molecule has 0 amide bonds. The van der Waals surface area contributed by atoms with Gasteiger partial charge in [0, 0.05) is 12.7 Å². The van der Waals surface area contributed by atoms with Gasteiger partial charge in [-0.2, -0.15) is 4.68 Å². The molecule has 1 N–H and O–H groups in total. The van der Waals surface area contributed by atoms with Crippen molar-refractivity contribution in [3.8, 4) is 0 Å². The molecule has 0 radical (unpaired) electrons. The number of nitrogens with zero attached hydrogens (tertiary/aromatic N) is 4. The van der Waals surface area contributed by atoms with Gasteiger partial charge in [-0.25, -0.2) is 4.98 Å². The summed E-state index contributed by atoms with van der Waals surface area (Å²) in [5.41, 5.74) is 0.992. The number of aromatic nitrogens is 3. The predicted molar refractivity (Wildman–Crippen MR) is 71.0 cm³/mol. The molecule has 0 unspecified atom stereocenters. The largest absolute Gasteiger partial charge is 0.389 e. The monoisotopic (exact) mass is 261 g/mol. The molecule has 0 aliphatic heterocycles. The van der Waals surface area contributed by atoms with E-state index >= 15 is 0 Å². The van der Waals surface area contributed by atoms with Crippen LogP contribution in [0.1, 0.15) is 18.9 Å². The van der Waals surface area contributed by atoms with E-state index in [0.717, 1.165) is 24.3 Å². The smallest absolute Gasteiger partial charge is 0.370 e. The summed E-state index contributed by atoms with van der Waals surface area (Å²) in [6.45, 7) is 3.43. The molecule has 0 bridgehead atoms. The fourth-order valence-electron chi connectivity index (χ4n) is 1.65. The standard InChI is InChI=1S/C12H15N5O2/c1-2-5-13-11-8-10(3-6-14-11)9-16-7-4-12(15-16)17(18)19/h3-4,6-8H,2,5,9H2,1H3,(H,13,14). The topological polar surface area (TPSA) is 85.9 Å². The first-order chi connectivity index (χ1) is 9.19. The summed E-state index contributed by atoms with van der Waals surface area (Å²) >= 11 is 0. The van der Waals surface area contributed by atoms with Crippen LogP contribution in [0.2, 0.25) is 0 Å². The zero-order valence-corrected chi connectivity index (χ0v) is 10.6. The number of pyridine rings is 1. The highest BCUT2D eigenvalue weighted by Crippen LogP contribution is 2.11. The Balaban J connectivity index is 2.07. The molecule has 2 heterocycles. The zero-order chi connectivity index (χ0) is 13.7. The first-order valence-corrected chi connectivity index (χ1v) is 6.05. The van der Waals surface area contributed by atoms with Crippen LogP contribution in [0, 0.1) is 10.1 Å². The lowest BCUT2D eigenvalue weighted by Crippen LogP contribution is -2.05. The van der Waals surface area contributed by atoms with Gasteiger partial charge in [0.2, 0.25) is 0 Å². The predicted octanol–water partition coefficient (Wildman–Crippen LogP) is 2.06. The average molecular weight is 261 g/mol. The lowest BCUT2D eigenvalue weighted by Gasteiger charge is -2.05. The maximum absolute atomic E-state index is 10.5. The first kappa shape index (κ1) is 13.0. The van der Waals surface area contributed by atoms with Gasteiger partial charge in [-0.1, -0.05) is 6.92 Å². The van der Waals surface area contributed by atoms with Gasteiger partial charge in [0.25, 0.3) is 0 Å². The Morgan fingerprint density at radius 1 is 1.47 bits per heavy atom. The van der Waals surface area contributed by atoms with Gasteiger partial charge in [-0.3, -0.25) is 0 Å². The van der Waals surface area contributed by atoms with Gasteiger partial charge in [-0.15, -0.1) is 0 Å². The summed E-state index contributed by atoms with van der Waals surface area (Å²) in [4.78, 5) is 14.2. The van der Waals surface area contributed by atoms with Gasteiger partial charge in [0.15, 0.2) is 0 Å². The molecule has 0 aliphatic carbocycles. The lowest BCUT2D eigenvalue weighted by molar-refractivity contribution is -0.389. The van der Waals surface area contributed by atoms with Crippen LogP contribution in [0.25, 0.3) is 0 Å². The van der Waals surface area contributed by atoms with Crippen LogP contribution in [0.15, 0.2) is 30.6 Å². The Kier molecular flexibility index (Phi) is 4.07. The van der Waals surface area contributed by atoms with Crippen LogP contribution in [-0.4, -0.2) is 26.2 Å². The SMILES string of the molecule is CCCNc1cc(Cn2ccc([N+](=O)[O-])n2)ccn1. The number of nitrogens with one attached hydrogen (secondary N) is 1. The molecular weight excluding hydrogens is 246 g/mol. The summed E-state index contributed by atoms with van der Waals surface area (Å²) in [6.07, 6.45) is 4.33. The quantitative estimate of drug-likeness (QED) is 0.635. The summed E-state index contributed by atoms with van der Waals surface area (Å²) < 4.78 is 1.54. The molecule has 2 aromatic heterocycles. The van der Waals surface area contributed by atoms with E-state index in [1.165, 1.54) is 10.7 Å². The Bertz CT molecular complexity index is 567. The van der Waals surface area contributed by atoms with Crippen LogP contribution in [0.4, 0.5) is 11.6 Å². The van der Waals surface area contributed by atoms with Crippen molar-refractivity contribution in [3.05, 3.63) is 46.3 Å². The second-order valence-electron chi connectivity index (χ2n) is 4.10. The molecule has 0 aliphatic rings. The maximum Gasteiger partial charge on any atom is 0.389 e. The molecule has 7 nitrogen and oxygen atoms in total. The molecule has 2 aromatic rings. The van der Waals surface area contributed by atoms with E-state index < -0.39 is 4.92 Å². The number of rotatable bonds is 6. The number of nitro groups is 1. The fraction of sp³-hybridized carbons (Fsp3) is 0.333. The average Bonchev–Trinajstić information content (AvgIpc) is 2.85. The van der Waals surface area contributed by atoms with Gasteiger partial charge < -0.3 is 15.4 Å². The molecule has 7 heteroatoms. The van der Waals surface area contributed by atoms with E-state index in [0.29, 0.717) is 6.54 Å². The van der Waals surface area contributed by atoms with Crippen molar-refractivity contribution in [1.82, 2.24) is 14.8 Å². The number of hydrogen-bond donors (Lipinski definition) is 1. The highest BCUT2D eigenvalue weighted by atomic mass is 16.6. The van der Waals surface area contributed by atoms with Crippen LogP contribution >= 0.6 is 0 Å². The van der Waals surface area contributed by atoms with E-state index in [2.05, 4.69) is 22.3 Å². The van der Waals surface area contributed by atoms with Gasteiger partial charge in [0.05, 0.1) is 23.9 Å². The summed E-state index contributed by atoms with van der Waals surface area (Å²) in [5.74, 6) is 0.666. The number of hydrogen-bond acceptors (Lipinski definition) is 5. The molecular formula is C12H15N5O2. The van der Waals surface area contributed by atoms with Crippen molar-refractivity contribution in [2.45, 2.75) is 19.9 Å². The van der Waals surface area contributed by atoms with Crippen LogP contribution in [-0.2, 0) is 6.54 Å². The third-order valence-corrected chi connectivity index (χ3v) is 2.54. The molecule has 0 fully saturated rings. The van der Waals surface area contributed by atoms with E-state index in [4.69, 9.17) is 0 Å². The van der Waals surface area contributed by atoms with Crippen molar-refractivity contribution in [3.63, 3.8) is 0 Å². The lowest BCUT2D eigenvalue weighted by atomic mass is 10.2. The van der Waals surface area contributed by atoms with Crippen molar-refractivity contribution in [2.24, 2.45) is 0 Å². The minimum atomic E-state index is -0.503.